The molecule has 2 aliphatic heterocycles. The van der Waals surface area contributed by atoms with Crippen molar-refractivity contribution >= 4 is 16.0 Å². The molecule has 7 heteroatoms. The predicted octanol–water partition coefficient (Wildman–Crippen LogP) is -0.384. The highest BCUT2D eigenvalue weighted by atomic mass is 32.2. The molecule has 3 atom stereocenters. The summed E-state index contributed by atoms with van der Waals surface area (Å²) < 4.78 is 25.5. The van der Waals surface area contributed by atoms with Gasteiger partial charge >= 0.3 is 5.97 Å². The average Bonchev–Trinajstić information content (AvgIpc) is 2.56. The van der Waals surface area contributed by atoms with E-state index >= 15 is 0 Å². The predicted molar refractivity (Wildman–Crippen MR) is 62.2 cm³/mol. The Labute approximate surface area is 101 Å². The summed E-state index contributed by atoms with van der Waals surface area (Å²) in [5.74, 6) is -1.28. The van der Waals surface area contributed by atoms with Gasteiger partial charge in [0, 0.05) is 25.2 Å². The van der Waals surface area contributed by atoms with Gasteiger partial charge in [0.05, 0.1) is 0 Å². The largest absolute Gasteiger partial charge is 0.480 e. The third-order valence-electron chi connectivity index (χ3n) is 3.64. The van der Waals surface area contributed by atoms with E-state index in [2.05, 4.69) is 5.32 Å². The monoisotopic (exact) mass is 262 g/mol. The minimum absolute atomic E-state index is 0.179. The topological polar surface area (TPSA) is 86.7 Å². The Kier molecular flexibility index (Phi) is 3.42. The number of aliphatic carboxylic acids is 1. The van der Waals surface area contributed by atoms with Crippen molar-refractivity contribution in [2.24, 2.45) is 0 Å². The van der Waals surface area contributed by atoms with E-state index < -0.39 is 21.2 Å². The number of carboxylic acid groups (broad SMARTS) is 1. The first kappa shape index (κ1) is 12.8. The van der Waals surface area contributed by atoms with Gasteiger partial charge in [0.1, 0.15) is 0 Å². The maximum absolute atomic E-state index is 12.1. The third-order valence-corrected chi connectivity index (χ3v) is 5.79. The summed E-state index contributed by atoms with van der Waals surface area (Å²) in [6.45, 7) is 2.05. The van der Waals surface area contributed by atoms with Crippen LogP contribution in [0.25, 0.3) is 0 Å². The van der Waals surface area contributed by atoms with E-state index in [4.69, 9.17) is 5.11 Å². The zero-order valence-electron chi connectivity index (χ0n) is 9.80. The van der Waals surface area contributed by atoms with Gasteiger partial charge < -0.3 is 10.4 Å². The van der Waals surface area contributed by atoms with Crippen molar-refractivity contribution in [1.82, 2.24) is 9.62 Å². The number of rotatable bonds is 3. The fourth-order valence-corrected chi connectivity index (χ4v) is 3.94. The van der Waals surface area contributed by atoms with E-state index in [1.165, 1.54) is 11.2 Å². The summed E-state index contributed by atoms with van der Waals surface area (Å²) in [4.78, 5) is 10.8. The van der Waals surface area contributed by atoms with Crippen LogP contribution < -0.4 is 5.32 Å². The molecule has 3 unspecified atom stereocenters. The van der Waals surface area contributed by atoms with Gasteiger partial charge in [0.2, 0.25) is 10.0 Å². The van der Waals surface area contributed by atoms with Crippen molar-refractivity contribution in [3.05, 3.63) is 0 Å². The third kappa shape index (κ3) is 2.46. The maximum atomic E-state index is 12.1. The van der Waals surface area contributed by atoms with Crippen LogP contribution in [0.1, 0.15) is 26.2 Å². The van der Waals surface area contributed by atoms with Gasteiger partial charge in [0.15, 0.2) is 5.25 Å². The molecule has 2 N–H and O–H groups in total. The molecule has 2 heterocycles. The normalized spacial score (nSPS) is 32.1. The fraction of sp³-hybridized carbons (Fsp3) is 0.900. The van der Waals surface area contributed by atoms with Crippen LogP contribution in [0.15, 0.2) is 0 Å². The molecule has 2 fully saturated rings. The first-order valence-corrected chi connectivity index (χ1v) is 7.39. The lowest BCUT2D eigenvalue weighted by Gasteiger charge is -2.25. The van der Waals surface area contributed by atoms with E-state index in [1.54, 1.807) is 0 Å². The number of fused-ring (bicyclic) bond motifs is 2. The Morgan fingerprint density at radius 3 is 2.65 bits per heavy atom. The maximum Gasteiger partial charge on any atom is 0.323 e. The number of hydrogen-bond donors (Lipinski definition) is 2. The van der Waals surface area contributed by atoms with Crippen LogP contribution in [0.3, 0.4) is 0 Å². The summed E-state index contributed by atoms with van der Waals surface area (Å²) in [6, 6.07) is 0.568. The standard InChI is InChI=1S/C10H18N2O4S/c1-7(10(13)14)17(15,16)12-5-4-8-2-3-9(6-12)11-8/h7-9,11H,2-6H2,1H3,(H,13,14). The number of sulfonamides is 1. The number of nitrogens with zero attached hydrogens (tertiary/aromatic N) is 1. The number of hydrogen-bond acceptors (Lipinski definition) is 4. The molecule has 0 amide bonds. The molecule has 2 rings (SSSR count). The van der Waals surface area contributed by atoms with Crippen LogP contribution in [0.2, 0.25) is 0 Å². The van der Waals surface area contributed by atoms with Crippen molar-refractivity contribution < 1.29 is 18.3 Å². The molecular formula is C10H18N2O4S. The molecule has 0 spiro atoms. The van der Waals surface area contributed by atoms with Crippen molar-refractivity contribution in [1.29, 1.82) is 0 Å². The molecule has 0 aliphatic carbocycles. The highest BCUT2D eigenvalue weighted by Crippen LogP contribution is 2.23. The van der Waals surface area contributed by atoms with Crippen LogP contribution in [0.4, 0.5) is 0 Å². The lowest BCUT2D eigenvalue weighted by molar-refractivity contribution is -0.136. The fourth-order valence-electron chi connectivity index (χ4n) is 2.49. The van der Waals surface area contributed by atoms with Crippen molar-refractivity contribution in [2.45, 2.75) is 43.5 Å². The smallest absolute Gasteiger partial charge is 0.323 e. The summed E-state index contributed by atoms with van der Waals surface area (Å²) in [5.41, 5.74) is 0. The minimum atomic E-state index is -3.71. The van der Waals surface area contributed by atoms with Gasteiger partial charge in [-0.05, 0) is 26.2 Å². The molecular weight excluding hydrogens is 244 g/mol. The Bertz CT molecular complexity index is 409. The summed E-state index contributed by atoms with van der Waals surface area (Å²) in [6.07, 6.45) is 2.83. The molecule has 2 saturated heterocycles. The number of carbonyl (C=O) groups is 1. The summed E-state index contributed by atoms with van der Waals surface area (Å²) in [7, 11) is -3.71. The van der Waals surface area contributed by atoms with Gasteiger partial charge in [-0.2, -0.15) is 4.31 Å². The van der Waals surface area contributed by atoms with E-state index in [1.807, 2.05) is 0 Å². The molecule has 98 valence electrons. The van der Waals surface area contributed by atoms with E-state index in [-0.39, 0.29) is 6.04 Å². The lowest BCUT2D eigenvalue weighted by Crippen LogP contribution is -2.45. The van der Waals surface area contributed by atoms with Crippen molar-refractivity contribution in [3.63, 3.8) is 0 Å². The summed E-state index contributed by atoms with van der Waals surface area (Å²) >= 11 is 0. The van der Waals surface area contributed by atoms with E-state index in [0.717, 1.165) is 19.3 Å². The molecule has 0 aromatic heterocycles. The summed E-state index contributed by atoms with van der Waals surface area (Å²) in [5, 5.41) is 10.8. The zero-order valence-corrected chi connectivity index (χ0v) is 10.6. The molecule has 6 nitrogen and oxygen atoms in total. The Morgan fingerprint density at radius 2 is 2.00 bits per heavy atom. The van der Waals surface area contributed by atoms with Crippen molar-refractivity contribution in [3.8, 4) is 0 Å². The molecule has 0 aromatic carbocycles. The van der Waals surface area contributed by atoms with Crippen LogP contribution >= 0.6 is 0 Å². The second-order valence-corrected chi connectivity index (χ2v) is 7.06. The van der Waals surface area contributed by atoms with Gasteiger partial charge in [-0.15, -0.1) is 0 Å². The van der Waals surface area contributed by atoms with Crippen LogP contribution in [0.5, 0.6) is 0 Å². The van der Waals surface area contributed by atoms with E-state index in [0.29, 0.717) is 19.1 Å². The van der Waals surface area contributed by atoms with Gasteiger partial charge in [0.25, 0.3) is 0 Å². The second-order valence-electron chi connectivity index (χ2n) is 4.81. The van der Waals surface area contributed by atoms with Crippen LogP contribution in [0, 0.1) is 0 Å². The highest BCUT2D eigenvalue weighted by Gasteiger charge is 2.38. The van der Waals surface area contributed by atoms with Crippen molar-refractivity contribution in [2.75, 3.05) is 13.1 Å². The molecule has 2 aliphatic rings. The van der Waals surface area contributed by atoms with Gasteiger partial charge in [-0.3, -0.25) is 4.79 Å². The molecule has 2 bridgehead atoms. The number of nitrogens with one attached hydrogen (secondary N) is 1. The second kappa shape index (κ2) is 4.55. The highest BCUT2D eigenvalue weighted by molar-refractivity contribution is 7.90. The zero-order chi connectivity index (χ0) is 12.6. The lowest BCUT2D eigenvalue weighted by atomic mass is 10.1. The average molecular weight is 262 g/mol. The van der Waals surface area contributed by atoms with Crippen LogP contribution in [-0.4, -0.2) is 54.2 Å². The van der Waals surface area contributed by atoms with Gasteiger partial charge in [-0.25, -0.2) is 8.42 Å². The number of carboxylic acids is 1. The SMILES string of the molecule is CC(C(=O)O)S(=O)(=O)N1CCC2CCC(C1)N2. The molecule has 0 aromatic rings. The first-order valence-electron chi connectivity index (χ1n) is 5.89. The van der Waals surface area contributed by atoms with Crippen LogP contribution in [-0.2, 0) is 14.8 Å². The van der Waals surface area contributed by atoms with E-state index in [9.17, 15) is 13.2 Å². The first-order chi connectivity index (χ1) is 7.91. The molecule has 17 heavy (non-hydrogen) atoms. The minimum Gasteiger partial charge on any atom is -0.480 e. The van der Waals surface area contributed by atoms with Gasteiger partial charge in [-0.1, -0.05) is 0 Å². The Morgan fingerprint density at radius 1 is 1.35 bits per heavy atom. The quantitative estimate of drug-likeness (QED) is 0.723. The molecule has 0 radical (unpaired) electrons. The Hall–Kier alpha value is -0.660. The molecule has 0 saturated carbocycles. The Balaban J connectivity index is 2.14.